The normalized spacial score (nSPS) is 17.4. The van der Waals surface area contributed by atoms with Gasteiger partial charge in [0.25, 0.3) is 0 Å². The van der Waals surface area contributed by atoms with E-state index < -0.39 is 11.6 Å². The summed E-state index contributed by atoms with van der Waals surface area (Å²) in [5, 5.41) is 0. The number of rotatable bonds is 4. The third-order valence-electron chi connectivity index (χ3n) is 3.34. The lowest BCUT2D eigenvalue weighted by molar-refractivity contribution is 0.535. The molecule has 1 aliphatic rings. The van der Waals surface area contributed by atoms with Crippen molar-refractivity contribution in [2.45, 2.75) is 38.1 Å². The Morgan fingerprint density at radius 3 is 2.44 bits per heavy atom. The summed E-state index contributed by atoms with van der Waals surface area (Å²) >= 11 is 0. The molecule has 1 aliphatic carbocycles. The Hall–Kier alpha value is -1.26. The smallest absolute Gasteiger partial charge is 0.126 e. The molecule has 0 saturated carbocycles. The quantitative estimate of drug-likeness (QED) is 0.491. The molecule has 1 aromatic carbocycles. The minimum Gasteiger partial charge on any atom is -0.271 e. The summed E-state index contributed by atoms with van der Waals surface area (Å²) in [4.78, 5) is 0. The molecule has 0 aromatic heterocycles. The van der Waals surface area contributed by atoms with E-state index in [1.165, 1.54) is 24.1 Å². The van der Waals surface area contributed by atoms with Gasteiger partial charge in [0.05, 0.1) is 0 Å². The lowest BCUT2D eigenvalue weighted by Crippen LogP contribution is -2.38. The van der Waals surface area contributed by atoms with Crippen molar-refractivity contribution in [3.63, 3.8) is 0 Å². The Bertz CT molecular complexity index is 423. The number of nitrogens with one attached hydrogen (secondary N) is 1. The Morgan fingerprint density at radius 1 is 1.17 bits per heavy atom. The van der Waals surface area contributed by atoms with Gasteiger partial charge in [0.1, 0.15) is 11.6 Å². The fraction of sp³-hybridized carbons (Fsp3) is 0.429. The van der Waals surface area contributed by atoms with Crippen molar-refractivity contribution in [3.8, 4) is 0 Å². The van der Waals surface area contributed by atoms with E-state index >= 15 is 0 Å². The molecule has 3 N–H and O–H groups in total. The highest BCUT2D eigenvalue weighted by Gasteiger charge is 2.16. The Labute approximate surface area is 106 Å². The van der Waals surface area contributed by atoms with Crippen LogP contribution in [0.25, 0.3) is 0 Å². The minimum atomic E-state index is -0.543. The predicted molar refractivity (Wildman–Crippen MR) is 67.7 cm³/mol. The van der Waals surface area contributed by atoms with Gasteiger partial charge in [-0.05, 0) is 49.8 Å². The van der Waals surface area contributed by atoms with Crippen LogP contribution in [0, 0.1) is 11.6 Å². The Balaban J connectivity index is 2.12. The molecule has 98 valence electrons. The first-order chi connectivity index (χ1) is 8.69. The molecule has 0 fully saturated rings. The molecule has 4 heteroatoms. The van der Waals surface area contributed by atoms with E-state index in [1.54, 1.807) is 0 Å². The van der Waals surface area contributed by atoms with Gasteiger partial charge in [0.2, 0.25) is 0 Å². The number of halogens is 2. The van der Waals surface area contributed by atoms with Crippen molar-refractivity contribution in [3.05, 3.63) is 47.0 Å². The van der Waals surface area contributed by atoms with Gasteiger partial charge in [-0.15, -0.1) is 0 Å². The molecular weight excluding hydrogens is 234 g/mol. The van der Waals surface area contributed by atoms with Crippen LogP contribution in [0.1, 0.15) is 31.2 Å². The second-order valence-electron chi connectivity index (χ2n) is 4.73. The fourth-order valence-corrected chi connectivity index (χ4v) is 2.44. The highest BCUT2D eigenvalue weighted by Crippen LogP contribution is 2.22. The second-order valence-corrected chi connectivity index (χ2v) is 4.73. The topological polar surface area (TPSA) is 38.0 Å². The summed E-state index contributed by atoms with van der Waals surface area (Å²) in [5.41, 5.74) is 4.62. The van der Waals surface area contributed by atoms with Crippen LogP contribution in [0.2, 0.25) is 0 Å². The van der Waals surface area contributed by atoms with E-state index in [0.29, 0.717) is 12.0 Å². The first-order valence-corrected chi connectivity index (χ1v) is 6.29. The highest BCUT2D eigenvalue weighted by atomic mass is 19.1. The molecule has 2 nitrogen and oxygen atoms in total. The second kappa shape index (κ2) is 6.07. The molecule has 0 spiro atoms. The number of nitrogens with two attached hydrogens (primary N) is 1. The van der Waals surface area contributed by atoms with Gasteiger partial charge in [-0.3, -0.25) is 11.3 Å². The third-order valence-corrected chi connectivity index (χ3v) is 3.34. The number of hydrogen-bond donors (Lipinski definition) is 2. The van der Waals surface area contributed by atoms with Crippen molar-refractivity contribution < 1.29 is 8.78 Å². The van der Waals surface area contributed by atoms with Crippen LogP contribution in [0.3, 0.4) is 0 Å². The summed E-state index contributed by atoms with van der Waals surface area (Å²) in [5.74, 6) is 4.46. The fourth-order valence-electron chi connectivity index (χ4n) is 2.44. The molecule has 0 radical (unpaired) electrons. The molecule has 1 aromatic rings. The number of benzene rings is 1. The van der Waals surface area contributed by atoms with Crippen LogP contribution >= 0.6 is 0 Å². The van der Waals surface area contributed by atoms with Gasteiger partial charge in [0.15, 0.2) is 0 Å². The summed E-state index contributed by atoms with van der Waals surface area (Å²) in [6.07, 6.45) is 7.12. The van der Waals surface area contributed by atoms with Gasteiger partial charge in [-0.2, -0.15) is 0 Å². The Morgan fingerprint density at radius 2 is 1.89 bits per heavy atom. The molecule has 0 aliphatic heterocycles. The van der Waals surface area contributed by atoms with Gasteiger partial charge in [0, 0.05) is 12.1 Å². The van der Waals surface area contributed by atoms with Gasteiger partial charge in [-0.25, -0.2) is 8.78 Å². The van der Waals surface area contributed by atoms with E-state index in [4.69, 9.17) is 5.84 Å². The van der Waals surface area contributed by atoms with E-state index in [0.717, 1.165) is 25.3 Å². The van der Waals surface area contributed by atoms with E-state index in [9.17, 15) is 8.78 Å². The third kappa shape index (κ3) is 3.37. The monoisotopic (exact) mass is 252 g/mol. The van der Waals surface area contributed by atoms with E-state index in [2.05, 4.69) is 11.5 Å². The molecule has 1 atom stereocenters. The van der Waals surface area contributed by atoms with Crippen molar-refractivity contribution in [1.82, 2.24) is 5.43 Å². The van der Waals surface area contributed by atoms with Gasteiger partial charge < -0.3 is 0 Å². The number of allylic oxidation sites excluding steroid dienone is 1. The summed E-state index contributed by atoms with van der Waals surface area (Å²) in [7, 11) is 0. The average molecular weight is 252 g/mol. The van der Waals surface area contributed by atoms with Crippen molar-refractivity contribution in [1.29, 1.82) is 0 Å². The molecule has 0 bridgehead atoms. The van der Waals surface area contributed by atoms with Crippen LogP contribution in [0.15, 0.2) is 29.8 Å². The van der Waals surface area contributed by atoms with Gasteiger partial charge in [-0.1, -0.05) is 11.6 Å². The SMILES string of the molecule is NNC(Cc1cc(F)cc(F)c1)C1=CCCCC1. The maximum atomic E-state index is 13.1. The predicted octanol–water partition coefficient (Wildman–Crippen LogP) is 2.84. The molecule has 1 unspecified atom stereocenters. The zero-order chi connectivity index (χ0) is 13.0. The van der Waals surface area contributed by atoms with Crippen molar-refractivity contribution in [2.24, 2.45) is 5.84 Å². The minimum absolute atomic E-state index is 0.0356. The molecular formula is C14H18F2N2. The van der Waals surface area contributed by atoms with E-state index in [-0.39, 0.29) is 6.04 Å². The maximum Gasteiger partial charge on any atom is 0.126 e. The van der Waals surface area contributed by atoms with Crippen LogP contribution in [0.5, 0.6) is 0 Å². The maximum absolute atomic E-state index is 13.1. The lowest BCUT2D eigenvalue weighted by Gasteiger charge is -2.22. The first-order valence-electron chi connectivity index (χ1n) is 6.29. The average Bonchev–Trinajstić information content (AvgIpc) is 2.36. The van der Waals surface area contributed by atoms with Crippen LogP contribution in [-0.4, -0.2) is 6.04 Å². The van der Waals surface area contributed by atoms with Gasteiger partial charge >= 0.3 is 0 Å². The number of hydrogen-bond acceptors (Lipinski definition) is 2. The zero-order valence-corrected chi connectivity index (χ0v) is 10.3. The van der Waals surface area contributed by atoms with E-state index in [1.807, 2.05) is 0 Å². The lowest BCUT2D eigenvalue weighted by atomic mass is 9.90. The molecule has 0 amide bonds. The molecule has 0 heterocycles. The largest absolute Gasteiger partial charge is 0.271 e. The Kier molecular flexibility index (Phi) is 4.44. The van der Waals surface area contributed by atoms with Crippen LogP contribution < -0.4 is 11.3 Å². The summed E-state index contributed by atoms with van der Waals surface area (Å²) in [6.45, 7) is 0. The van der Waals surface area contributed by atoms with Crippen molar-refractivity contribution in [2.75, 3.05) is 0 Å². The number of hydrazine groups is 1. The first kappa shape index (κ1) is 13.2. The molecule has 0 saturated heterocycles. The molecule has 18 heavy (non-hydrogen) atoms. The van der Waals surface area contributed by atoms with Crippen LogP contribution in [0.4, 0.5) is 8.78 Å². The molecule has 2 rings (SSSR count). The summed E-state index contributed by atoms with van der Waals surface area (Å²) < 4.78 is 26.2. The van der Waals surface area contributed by atoms with Crippen molar-refractivity contribution >= 4 is 0 Å². The highest BCUT2D eigenvalue weighted by molar-refractivity contribution is 5.23. The summed E-state index contributed by atoms with van der Waals surface area (Å²) in [6, 6.07) is 3.56. The van der Waals surface area contributed by atoms with Crippen LogP contribution in [-0.2, 0) is 6.42 Å². The zero-order valence-electron chi connectivity index (χ0n) is 10.3. The standard InChI is InChI=1S/C14H18F2N2/c15-12-6-10(7-13(16)9-12)8-14(18-17)11-4-2-1-3-5-11/h4,6-7,9,14,18H,1-3,5,8,17H2.